The number of aromatic nitrogens is 2. The van der Waals surface area contributed by atoms with Crippen LogP contribution in [0.15, 0.2) is 17.6 Å². The zero-order valence-corrected chi connectivity index (χ0v) is 11.5. The van der Waals surface area contributed by atoms with Gasteiger partial charge in [0.2, 0.25) is 0 Å². The third-order valence-corrected chi connectivity index (χ3v) is 5.05. The van der Waals surface area contributed by atoms with Gasteiger partial charge >= 0.3 is 5.97 Å². The second kappa shape index (κ2) is 5.30. The lowest BCUT2D eigenvalue weighted by atomic mass is 10.0. The molecule has 1 saturated heterocycles. The Balaban J connectivity index is 2.02. The summed E-state index contributed by atoms with van der Waals surface area (Å²) in [4.78, 5) is 14.4. The van der Waals surface area contributed by atoms with Crippen LogP contribution in [0.2, 0.25) is 0 Å². The van der Waals surface area contributed by atoms with Gasteiger partial charge in [0.25, 0.3) is 10.0 Å². The topological polar surface area (TPSA) is 92.5 Å². The maximum atomic E-state index is 12.3. The molecule has 0 amide bonds. The SMILES string of the molecule is Cn1cnc(S(=O)(=O)N2CCC(CCC(=O)O)C2)c1. The molecular formula is C11H17N3O4S. The molecule has 1 aliphatic heterocycles. The molecule has 0 aliphatic carbocycles. The molecule has 1 N–H and O–H groups in total. The van der Waals surface area contributed by atoms with Crippen molar-refractivity contribution in [2.24, 2.45) is 13.0 Å². The molecule has 0 aromatic carbocycles. The summed E-state index contributed by atoms with van der Waals surface area (Å²) in [5, 5.41) is 8.69. The Morgan fingerprint density at radius 2 is 2.32 bits per heavy atom. The van der Waals surface area contributed by atoms with E-state index in [1.54, 1.807) is 11.6 Å². The van der Waals surface area contributed by atoms with Crippen molar-refractivity contribution >= 4 is 16.0 Å². The van der Waals surface area contributed by atoms with Gasteiger partial charge in [-0.3, -0.25) is 4.79 Å². The van der Waals surface area contributed by atoms with Crippen LogP contribution in [0, 0.1) is 5.92 Å². The molecular weight excluding hydrogens is 270 g/mol. The van der Waals surface area contributed by atoms with E-state index in [9.17, 15) is 13.2 Å². The van der Waals surface area contributed by atoms with E-state index < -0.39 is 16.0 Å². The lowest BCUT2D eigenvalue weighted by Crippen LogP contribution is -2.29. The summed E-state index contributed by atoms with van der Waals surface area (Å²) >= 11 is 0. The normalized spacial score (nSPS) is 20.8. The summed E-state index contributed by atoms with van der Waals surface area (Å²) in [6, 6.07) is 0. The minimum atomic E-state index is -3.54. The van der Waals surface area contributed by atoms with Gasteiger partial charge in [0.1, 0.15) is 0 Å². The number of nitrogens with zero attached hydrogens (tertiary/aromatic N) is 3. The number of sulfonamides is 1. The summed E-state index contributed by atoms with van der Waals surface area (Å²) in [5.41, 5.74) is 0. The summed E-state index contributed by atoms with van der Waals surface area (Å²) in [5.74, 6) is -0.722. The molecule has 2 rings (SSSR count). The highest BCUT2D eigenvalue weighted by Gasteiger charge is 2.33. The highest BCUT2D eigenvalue weighted by molar-refractivity contribution is 7.89. The number of carboxylic acid groups (broad SMARTS) is 1. The zero-order chi connectivity index (χ0) is 14.0. The molecule has 0 radical (unpaired) electrons. The average molecular weight is 287 g/mol. The first-order chi connectivity index (χ1) is 8.89. The van der Waals surface area contributed by atoms with Crippen LogP contribution in [0.4, 0.5) is 0 Å². The van der Waals surface area contributed by atoms with E-state index in [1.807, 2.05) is 0 Å². The highest BCUT2D eigenvalue weighted by Crippen LogP contribution is 2.26. The quantitative estimate of drug-likeness (QED) is 0.840. The van der Waals surface area contributed by atoms with E-state index >= 15 is 0 Å². The van der Waals surface area contributed by atoms with Crippen LogP contribution in [0.3, 0.4) is 0 Å². The zero-order valence-electron chi connectivity index (χ0n) is 10.7. The van der Waals surface area contributed by atoms with Gasteiger partial charge in [0.15, 0.2) is 5.03 Å². The predicted octanol–water partition coefficient (Wildman–Crippen LogP) is 0.295. The lowest BCUT2D eigenvalue weighted by molar-refractivity contribution is -0.137. The third kappa shape index (κ3) is 3.13. The van der Waals surface area contributed by atoms with Crippen molar-refractivity contribution in [3.8, 4) is 0 Å². The van der Waals surface area contributed by atoms with Gasteiger partial charge in [-0.1, -0.05) is 0 Å². The van der Waals surface area contributed by atoms with Crippen molar-refractivity contribution in [3.63, 3.8) is 0 Å². The second-order valence-corrected chi connectivity index (χ2v) is 6.71. The maximum absolute atomic E-state index is 12.3. The molecule has 8 heteroatoms. The van der Waals surface area contributed by atoms with Gasteiger partial charge < -0.3 is 9.67 Å². The van der Waals surface area contributed by atoms with Crippen LogP contribution in [0.25, 0.3) is 0 Å². The average Bonchev–Trinajstić information content (AvgIpc) is 2.95. The van der Waals surface area contributed by atoms with Crippen molar-refractivity contribution in [2.75, 3.05) is 13.1 Å². The van der Waals surface area contributed by atoms with Crippen LogP contribution in [-0.2, 0) is 21.9 Å². The summed E-state index contributed by atoms with van der Waals surface area (Å²) < 4.78 is 27.5. The van der Waals surface area contributed by atoms with E-state index in [-0.39, 0.29) is 17.4 Å². The van der Waals surface area contributed by atoms with Gasteiger partial charge in [0.05, 0.1) is 6.33 Å². The summed E-state index contributed by atoms with van der Waals surface area (Å²) in [6.45, 7) is 0.815. The largest absolute Gasteiger partial charge is 0.481 e. The minimum absolute atomic E-state index is 0.0499. The molecule has 2 heterocycles. The fraction of sp³-hybridized carbons (Fsp3) is 0.636. The van der Waals surface area contributed by atoms with E-state index in [4.69, 9.17) is 5.11 Å². The fourth-order valence-corrected chi connectivity index (χ4v) is 3.73. The molecule has 1 aromatic heterocycles. The Hall–Kier alpha value is -1.41. The maximum Gasteiger partial charge on any atom is 0.303 e. The van der Waals surface area contributed by atoms with Crippen molar-refractivity contribution in [3.05, 3.63) is 12.5 Å². The van der Waals surface area contributed by atoms with Crippen LogP contribution >= 0.6 is 0 Å². The fourth-order valence-electron chi connectivity index (χ4n) is 2.23. The molecule has 1 aromatic rings. The minimum Gasteiger partial charge on any atom is -0.481 e. The number of hydrogen-bond acceptors (Lipinski definition) is 4. The second-order valence-electron chi connectivity index (χ2n) is 4.83. The molecule has 106 valence electrons. The molecule has 19 heavy (non-hydrogen) atoms. The molecule has 1 atom stereocenters. The van der Waals surface area contributed by atoms with E-state index in [2.05, 4.69) is 4.98 Å². The van der Waals surface area contributed by atoms with Gasteiger partial charge in [-0.2, -0.15) is 4.31 Å². The van der Waals surface area contributed by atoms with Crippen molar-refractivity contribution in [1.29, 1.82) is 0 Å². The lowest BCUT2D eigenvalue weighted by Gasteiger charge is -2.14. The molecule has 0 saturated carbocycles. The van der Waals surface area contributed by atoms with E-state index in [0.717, 1.165) is 0 Å². The Labute approximate surface area is 111 Å². The molecule has 0 bridgehead atoms. The number of carbonyl (C=O) groups is 1. The highest BCUT2D eigenvalue weighted by atomic mass is 32.2. The van der Waals surface area contributed by atoms with E-state index in [1.165, 1.54) is 16.8 Å². The van der Waals surface area contributed by atoms with Crippen LogP contribution in [0.1, 0.15) is 19.3 Å². The smallest absolute Gasteiger partial charge is 0.303 e. The number of imidazole rings is 1. The Bertz CT molecular complexity index is 566. The predicted molar refractivity (Wildman–Crippen MR) is 66.9 cm³/mol. The first kappa shape index (κ1) is 14.0. The van der Waals surface area contributed by atoms with Gasteiger partial charge in [-0.05, 0) is 18.8 Å². The molecule has 1 fully saturated rings. The Morgan fingerprint density at radius 1 is 1.58 bits per heavy atom. The van der Waals surface area contributed by atoms with Crippen molar-refractivity contribution in [2.45, 2.75) is 24.3 Å². The number of hydrogen-bond donors (Lipinski definition) is 1. The summed E-state index contributed by atoms with van der Waals surface area (Å²) in [7, 11) is -1.82. The number of carboxylic acids is 1. The molecule has 7 nitrogen and oxygen atoms in total. The Morgan fingerprint density at radius 3 is 2.89 bits per heavy atom. The van der Waals surface area contributed by atoms with Gasteiger partial charge in [-0.25, -0.2) is 13.4 Å². The summed E-state index contributed by atoms with van der Waals surface area (Å²) in [6.07, 6.45) is 4.23. The monoisotopic (exact) mass is 287 g/mol. The molecule has 1 aliphatic rings. The van der Waals surface area contributed by atoms with Gasteiger partial charge in [0, 0.05) is 32.8 Å². The number of aliphatic carboxylic acids is 1. The Kier molecular flexibility index (Phi) is 3.91. The third-order valence-electron chi connectivity index (χ3n) is 3.30. The van der Waals surface area contributed by atoms with Crippen LogP contribution < -0.4 is 0 Å². The van der Waals surface area contributed by atoms with E-state index in [0.29, 0.717) is 25.9 Å². The first-order valence-electron chi connectivity index (χ1n) is 6.09. The van der Waals surface area contributed by atoms with Crippen LogP contribution in [0.5, 0.6) is 0 Å². The standard InChI is InChI=1S/C11H17N3O4S/c1-13-7-10(12-8-13)19(17,18)14-5-4-9(6-14)2-3-11(15)16/h7-9H,2-6H2,1H3,(H,15,16). The van der Waals surface area contributed by atoms with Crippen LogP contribution in [-0.4, -0.2) is 46.4 Å². The van der Waals surface area contributed by atoms with Crippen molar-refractivity contribution in [1.82, 2.24) is 13.9 Å². The number of aryl methyl sites for hydroxylation is 1. The van der Waals surface area contributed by atoms with Crippen molar-refractivity contribution < 1.29 is 18.3 Å². The number of rotatable bonds is 5. The molecule has 1 unspecified atom stereocenters. The first-order valence-corrected chi connectivity index (χ1v) is 7.53. The van der Waals surface area contributed by atoms with Gasteiger partial charge in [-0.15, -0.1) is 0 Å². The molecule has 0 spiro atoms.